The molecule has 0 aliphatic heterocycles. The van der Waals surface area contributed by atoms with Crippen molar-refractivity contribution in [1.82, 2.24) is 4.98 Å². The van der Waals surface area contributed by atoms with E-state index in [0.29, 0.717) is 0 Å². The maximum absolute atomic E-state index is 9.25. The number of rotatable bonds is 9. The summed E-state index contributed by atoms with van der Waals surface area (Å²) < 4.78 is 5.76. The zero-order valence-corrected chi connectivity index (χ0v) is 13.3. The van der Waals surface area contributed by atoms with Crippen LogP contribution in [0.3, 0.4) is 0 Å². The van der Waals surface area contributed by atoms with Gasteiger partial charge in [-0.25, -0.2) is 0 Å². The quantitative estimate of drug-likeness (QED) is 0.648. The first-order valence-corrected chi connectivity index (χ1v) is 8.18. The van der Waals surface area contributed by atoms with Gasteiger partial charge < -0.3 is 9.84 Å². The maximum atomic E-state index is 9.25. The molecule has 1 N–H and O–H groups in total. The second-order valence-corrected chi connectivity index (χ2v) is 5.54. The highest BCUT2D eigenvalue weighted by molar-refractivity contribution is 5.60. The molecule has 0 fully saturated rings. The van der Waals surface area contributed by atoms with E-state index in [-0.39, 0.29) is 5.75 Å². The highest BCUT2D eigenvalue weighted by Crippen LogP contribution is 2.22. The zero-order chi connectivity index (χ0) is 15.6. The van der Waals surface area contributed by atoms with Crippen molar-refractivity contribution >= 4 is 0 Å². The molecule has 0 bridgehead atoms. The molecule has 0 amide bonds. The molecule has 0 aliphatic carbocycles. The molecular weight excluding hydrogens is 274 g/mol. The summed E-state index contributed by atoms with van der Waals surface area (Å²) in [5, 5.41) is 9.25. The molecule has 0 saturated heterocycles. The minimum absolute atomic E-state index is 0.183. The van der Waals surface area contributed by atoms with Crippen LogP contribution in [0, 0.1) is 0 Å². The lowest BCUT2D eigenvalue weighted by Gasteiger charge is -2.07. The second kappa shape index (κ2) is 9.08. The van der Waals surface area contributed by atoms with Gasteiger partial charge in [0.25, 0.3) is 0 Å². The maximum Gasteiger partial charge on any atom is 0.133 e. The van der Waals surface area contributed by atoms with Gasteiger partial charge in [0.1, 0.15) is 11.5 Å². The fourth-order valence-electron chi connectivity index (χ4n) is 2.35. The predicted molar refractivity (Wildman–Crippen MR) is 90.2 cm³/mol. The lowest BCUT2D eigenvalue weighted by molar-refractivity contribution is 0.304. The van der Waals surface area contributed by atoms with Crippen molar-refractivity contribution in [3.63, 3.8) is 0 Å². The van der Waals surface area contributed by atoms with Crippen LogP contribution in [-0.4, -0.2) is 16.7 Å². The van der Waals surface area contributed by atoms with Crippen molar-refractivity contribution in [3.05, 3.63) is 42.6 Å². The number of aromatic hydroxyl groups is 1. The highest BCUT2D eigenvalue weighted by atomic mass is 16.5. The number of pyridine rings is 1. The molecule has 3 nitrogen and oxygen atoms in total. The Morgan fingerprint density at radius 3 is 2.32 bits per heavy atom. The predicted octanol–water partition coefficient (Wildman–Crippen LogP) is 5.19. The van der Waals surface area contributed by atoms with Crippen molar-refractivity contribution in [3.8, 4) is 22.8 Å². The van der Waals surface area contributed by atoms with Gasteiger partial charge in [-0.2, -0.15) is 0 Å². The third-order valence-electron chi connectivity index (χ3n) is 3.66. The molecule has 2 aromatic rings. The van der Waals surface area contributed by atoms with E-state index < -0.39 is 0 Å². The van der Waals surface area contributed by atoms with Crippen molar-refractivity contribution < 1.29 is 9.84 Å². The fraction of sp³-hybridized carbons (Fsp3) is 0.421. The minimum atomic E-state index is 0.183. The normalized spacial score (nSPS) is 10.6. The van der Waals surface area contributed by atoms with Crippen LogP contribution in [0.1, 0.15) is 45.4 Å². The van der Waals surface area contributed by atoms with Gasteiger partial charge in [0.2, 0.25) is 0 Å². The van der Waals surface area contributed by atoms with E-state index in [1.54, 1.807) is 6.07 Å². The van der Waals surface area contributed by atoms with Gasteiger partial charge >= 0.3 is 0 Å². The van der Waals surface area contributed by atoms with Crippen molar-refractivity contribution in [2.45, 2.75) is 45.4 Å². The molecule has 118 valence electrons. The van der Waals surface area contributed by atoms with E-state index >= 15 is 0 Å². The molecule has 0 spiro atoms. The Bertz CT molecular complexity index is 534. The number of aromatic nitrogens is 1. The van der Waals surface area contributed by atoms with E-state index in [2.05, 4.69) is 11.9 Å². The Balaban J connectivity index is 1.74. The summed E-state index contributed by atoms with van der Waals surface area (Å²) in [7, 11) is 0. The van der Waals surface area contributed by atoms with Gasteiger partial charge in [-0.05, 0) is 42.8 Å². The summed E-state index contributed by atoms with van der Waals surface area (Å²) in [5.41, 5.74) is 1.87. The number of ether oxygens (including phenoxy) is 1. The lowest BCUT2D eigenvalue weighted by atomic mass is 10.1. The summed E-state index contributed by atoms with van der Waals surface area (Å²) in [5.74, 6) is 1.08. The van der Waals surface area contributed by atoms with Crippen LogP contribution in [0.4, 0.5) is 0 Å². The van der Waals surface area contributed by atoms with Crippen LogP contribution in [0.5, 0.6) is 11.5 Å². The van der Waals surface area contributed by atoms with Crippen molar-refractivity contribution in [1.29, 1.82) is 0 Å². The van der Waals surface area contributed by atoms with E-state index in [1.807, 2.05) is 30.3 Å². The average Bonchev–Trinajstić information content (AvgIpc) is 2.55. The number of hydrogen-bond acceptors (Lipinski definition) is 3. The first kappa shape index (κ1) is 16.3. The molecule has 1 aromatic carbocycles. The third-order valence-corrected chi connectivity index (χ3v) is 3.66. The molecule has 0 aliphatic rings. The highest BCUT2D eigenvalue weighted by Gasteiger charge is 2.00. The Morgan fingerprint density at radius 2 is 1.64 bits per heavy atom. The molecule has 0 atom stereocenters. The SMILES string of the molecule is CCCCCCCCOc1ccc(-c2ccc(O)cn2)cc1. The molecule has 22 heavy (non-hydrogen) atoms. The number of hydrogen-bond donors (Lipinski definition) is 1. The Hall–Kier alpha value is -2.03. The van der Waals surface area contributed by atoms with E-state index in [1.165, 1.54) is 38.3 Å². The van der Waals surface area contributed by atoms with Crippen molar-refractivity contribution in [2.75, 3.05) is 6.61 Å². The first-order chi connectivity index (χ1) is 10.8. The van der Waals surface area contributed by atoms with Gasteiger partial charge in [0.15, 0.2) is 0 Å². The van der Waals surface area contributed by atoms with Crippen LogP contribution < -0.4 is 4.74 Å². The molecule has 1 aromatic heterocycles. The molecule has 0 saturated carbocycles. The van der Waals surface area contributed by atoms with Crippen LogP contribution in [0.15, 0.2) is 42.6 Å². The van der Waals surface area contributed by atoms with Crippen molar-refractivity contribution in [2.24, 2.45) is 0 Å². The standard InChI is InChI=1S/C19H25NO2/c1-2-3-4-5-6-7-14-22-18-11-8-16(9-12-18)19-13-10-17(21)15-20-19/h8-13,15,21H,2-7,14H2,1H3. The Kier molecular flexibility index (Phi) is 6.75. The van der Waals surface area contributed by atoms with E-state index in [4.69, 9.17) is 4.74 Å². The largest absolute Gasteiger partial charge is 0.506 e. The Labute approximate surface area is 133 Å². The van der Waals surface area contributed by atoms with E-state index in [9.17, 15) is 5.11 Å². The summed E-state index contributed by atoms with van der Waals surface area (Å²) in [6.45, 7) is 3.02. The molecule has 0 radical (unpaired) electrons. The molecule has 2 rings (SSSR count). The summed E-state index contributed by atoms with van der Waals surface area (Å²) in [4.78, 5) is 4.20. The Morgan fingerprint density at radius 1 is 0.909 bits per heavy atom. The summed E-state index contributed by atoms with van der Waals surface area (Å²) >= 11 is 0. The number of nitrogens with zero attached hydrogens (tertiary/aromatic N) is 1. The van der Waals surface area contributed by atoms with Gasteiger partial charge in [-0.3, -0.25) is 4.98 Å². The lowest BCUT2D eigenvalue weighted by Crippen LogP contribution is -1.97. The molecule has 3 heteroatoms. The van der Waals surface area contributed by atoms with Gasteiger partial charge in [-0.1, -0.05) is 39.0 Å². The second-order valence-electron chi connectivity index (χ2n) is 5.54. The number of benzene rings is 1. The number of unbranched alkanes of at least 4 members (excludes halogenated alkanes) is 5. The fourth-order valence-corrected chi connectivity index (χ4v) is 2.35. The topological polar surface area (TPSA) is 42.4 Å². The molecule has 0 unspecified atom stereocenters. The summed E-state index contributed by atoms with van der Waals surface area (Å²) in [6, 6.07) is 11.4. The molecular formula is C19H25NO2. The van der Waals surface area contributed by atoms with Gasteiger partial charge in [-0.15, -0.1) is 0 Å². The molecule has 1 heterocycles. The van der Waals surface area contributed by atoms with Crippen LogP contribution in [0.25, 0.3) is 11.3 Å². The first-order valence-electron chi connectivity index (χ1n) is 8.18. The zero-order valence-electron chi connectivity index (χ0n) is 13.3. The third kappa shape index (κ3) is 5.40. The van der Waals surface area contributed by atoms with Crippen LogP contribution in [0.2, 0.25) is 0 Å². The van der Waals surface area contributed by atoms with E-state index in [0.717, 1.165) is 30.0 Å². The smallest absolute Gasteiger partial charge is 0.133 e. The monoisotopic (exact) mass is 299 g/mol. The van der Waals surface area contributed by atoms with Gasteiger partial charge in [0.05, 0.1) is 18.5 Å². The summed E-state index contributed by atoms with van der Waals surface area (Å²) in [6.07, 6.45) is 9.10. The minimum Gasteiger partial charge on any atom is -0.506 e. The van der Waals surface area contributed by atoms with Crippen LogP contribution in [-0.2, 0) is 0 Å². The average molecular weight is 299 g/mol. The van der Waals surface area contributed by atoms with Crippen LogP contribution >= 0.6 is 0 Å². The van der Waals surface area contributed by atoms with Gasteiger partial charge in [0, 0.05) is 5.56 Å².